The van der Waals surface area contributed by atoms with Gasteiger partial charge in [0.2, 0.25) is 0 Å². The van der Waals surface area contributed by atoms with Gasteiger partial charge in [0, 0.05) is 24.1 Å². The van der Waals surface area contributed by atoms with Crippen LogP contribution in [-0.4, -0.2) is 32.9 Å². The molecule has 5 nitrogen and oxygen atoms in total. The van der Waals surface area contributed by atoms with Gasteiger partial charge in [0.25, 0.3) is 5.91 Å². The highest BCUT2D eigenvalue weighted by Crippen LogP contribution is 2.10. The van der Waals surface area contributed by atoms with E-state index in [0.29, 0.717) is 0 Å². The minimum atomic E-state index is -3.13. The molecule has 0 saturated carbocycles. The van der Waals surface area contributed by atoms with E-state index in [4.69, 9.17) is 5.73 Å². The fourth-order valence-corrected chi connectivity index (χ4v) is 1.67. The smallest absolute Gasteiger partial charge is 0.251 e. The zero-order valence-corrected chi connectivity index (χ0v) is 10.1. The summed E-state index contributed by atoms with van der Waals surface area (Å²) in [5, 5.41) is 2.37. The van der Waals surface area contributed by atoms with Crippen LogP contribution in [0.25, 0.3) is 0 Å². The highest BCUT2D eigenvalue weighted by Gasteiger charge is 2.09. The van der Waals surface area contributed by atoms with E-state index in [2.05, 4.69) is 5.32 Å². The fourth-order valence-electron chi connectivity index (χ4n) is 1.20. The highest BCUT2D eigenvalue weighted by molar-refractivity contribution is 7.90. The number of hydrogen-bond donors (Lipinski definition) is 2. The summed E-state index contributed by atoms with van der Waals surface area (Å²) in [6.07, 6.45) is 1.07. The van der Waals surface area contributed by atoms with Gasteiger partial charge in [-0.25, -0.2) is 12.8 Å². The number of carbonyl (C=O) groups is 1. The highest BCUT2D eigenvalue weighted by atomic mass is 32.2. The number of carbonyl (C=O) groups excluding carboxylic acids is 1. The molecule has 0 bridgehead atoms. The molecule has 0 aliphatic carbocycles. The van der Waals surface area contributed by atoms with Gasteiger partial charge in [0.1, 0.15) is 15.7 Å². The Labute approximate surface area is 98.7 Å². The Balaban J connectivity index is 2.64. The molecular weight excluding hydrogens is 247 g/mol. The Morgan fingerprint density at radius 3 is 2.59 bits per heavy atom. The number of anilines is 1. The van der Waals surface area contributed by atoms with E-state index in [9.17, 15) is 17.6 Å². The molecule has 0 atom stereocenters. The first kappa shape index (κ1) is 13.4. The molecule has 0 aliphatic rings. The van der Waals surface area contributed by atoms with Crippen LogP contribution in [0.5, 0.6) is 0 Å². The van der Waals surface area contributed by atoms with E-state index < -0.39 is 21.6 Å². The largest absolute Gasteiger partial charge is 0.399 e. The Kier molecular flexibility index (Phi) is 4.06. The molecule has 3 N–H and O–H groups in total. The van der Waals surface area contributed by atoms with Crippen LogP contribution in [0.15, 0.2) is 18.2 Å². The molecule has 0 saturated heterocycles. The van der Waals surface area contributed by atoms with E-state index in [1.54, 1.807) is 0 Å². The molecule has 1 rings (SSSR count). The second-order valence-electron chi connectivity index (χ2n) is 3.66. The lowest BCUT2D eigenvalue weighted by atomic mass is 10.2. The summed E-state index contributed by atoms with van der Waals surface area (Å²) in [6.45, 7) is -0.0198. The van der Waals surface area contributed by atoms with Crippen LogP contribution in [0, 0.1) is 5.82 Å². The number of amides is 1. The number of sulfone groups is 1. The van der Waals surface area contributed by atoms with Gasteiger partial charge in [-0.05, 0) is 18.2 Å². The summed E-state index contributed by atoms with van der Waals surface area (Å²) in [5.74, 6) is -1.33. The van der Waals surface area contributed by atoms with Gasteiger partial charge in [-0.15, -0.1) is 0 Å². The van der Waals surface area contributed by atoms with E-state index in [1.807, 2.05) is 0 Å². The molecule has 17 heavy (non-hydrogen) atoms. The molecule has 0 aromatic heterocycles. The van der Waals surface area contributed by atoms with Crippen molar-refractivity contribution in [1.82, 2.24) is 5.32 Å². The molecular formula is C10H13FN2O3S. The molecule has 0 spiro atoms. The Morgan fingerprint density at radius 2 is 2.06 bits per heavy atom. The third kappa shape index (κ3) is 4.81. The van der Waals surface area contributed by atoms with Gasteiger partial charge in [0.05, 0.1) is 5.75 Å². The van der Waals surface area contributed by atoms with Crippen LogP contribution >= 0.6 is 0 Å². The molecule has 0 fully saturated rings. The molecule has 94 valence electrons. The molecule has 0 radical (unpaired) electrons. The second-order valence-corrected chi connectivity index (χ2v) is 5.92. The van der Waals surface area contributed by atoms with Crippen molar-refractivity contribution in [2.45, 2.75) is 0 Å². The first-order chi connectivity index (χ1) is 7.78. The van der Waals surface area contributed by atoms with Gasteiger partial charge in [0.15, 0.2) is 0 Å². The average molecular weight is 260 g/mol. The zero-order chi connectivity index (χ0) is 13.1. The van der Waals surface area contributed by atoms with Crippen molar-refractivity contribution < 1.29 is 17.6 Å². The number of halogens is 1. The van der Waals surface area contributed by atoms with E-state index in [0.717, 1.165) is 18.4 Å². The quantitative estimate of drug-likeness (QED) is 0.756. The summed E-state index contributed by atoms with van der Waals surface area (Å²) in [4.78, 5) is 11.5. The van der Waals surface area contributed by atoms with Crippen molar-refractivity contribution in [2.24, 2.45) is 0 Å². The summed E-state index contributed by atoms with van der Waals surface area (Å²) < 4.78 is 34.6. The van der Waals surface area contributed by atoms with Gasteiger partial charge < -0.3 is 11.1 Å². The van der Waals surface area contributed by atoms with Crippen LogP contribution in [0.3, 0.4) is 0 Å². The predicted molar refractivity (Wildman–Crippen MR) is 62.9 cm³/mol. The number of hydrogen-bond acceptors (Lipinski definition) is 4. The molecule has 0 aliphatic heterocycles. The van der Waals surface area contributed by atoms with Crippen LogP contribution in [0.4, 0.5) is 10.1 Å². The van der Waals surface area contributed by atoms with Crippen molar-refractivity contribution in [2.75, 3.05) is 24.3 Å². The van der Waals surface area contributed by atoms with Gasteiger partial charge >= 0.3 is 0 Å². The van der Waals surface area contributed by atoms with Crippen molar-refractivity contribution in [1.29, 1.82) is 0 Å². The van der Waals surface area contributed by atoms with Gasteiger partial charge in [-0.3, -0.25) is 4.79 Å². The lowest BCUT2D eigenvalue weighted by Gasteiger charge is -2.05. The third-order valence-electron chi connectivity index (χ3n) is 1.94. The van der Waals surface area contributed by atoms with Gasteiger partial charge in [-0.1, -0.05) is 0 Å². The third-order valence-corrected chi connectivity index (χ3v) is 2.89. The van der Waals surface area contributed by atoms with Crippen molar-refractivity contribution >= 4 is 21.4 Å². The molecule has 1 amide bonds. The first-order valence-corrected chi connectivity index (χ1v) is 6.86. The monoisotopic (exact) mass is 260 g/mol. The summed E-state index contributed by atoms with van der Waals surface area (Å²) >= 11 is 0. The number of benzene rings is 1. The summed E-state index contributed by atoms with van der Waals surface area (Å²) in [6, 6.07) is 3.44. The van der Waals surface area contributed by atoms with Crippen LogP contribution < -0.4 is 11.1 Å². The molecule has 0 heterocycles. The predicted octanol–water partition coefficient (Wildman–Crippen LogP) is 0.182. The standard InChI is InChI=1S/C10H13FN2O3S/c1-17(15,16)3-2-13-10(14)7-4-8(11)6-9(12)5-7/h4-6H,2-3,12H2,1H3,(H,13,14). The Bertz CT molecular complexity index is 508. The van der Waals surface area contributed by atoms with Crippen molar-refractivity contribution in [3.8, 4) is 0 Å². The van der Waals surface area contributed by atoms with Crippen molar-refractivity contribution in [3.05, 3.63) is 29.6 Å². The maximum Gasteiger partial charge on any atom is 0.251 e. The maximum absolute atomic E-state index is 12.9. The molecule has 0 unspecified atom stereocenters. The second kappa shape index (κ2) is 5.13. The van der Waals surface area contributed by atoms with Crippen LogP contribution in [-0.2, 0) is 9.84 Å². The van der Waals surface area contributed by atoms with E-state index >= 15 is 0 Å². The average Bonchev–Trinajstić information content (AvgIpc) is 2.13. The summed E-state index contributed by atoms with van der Waals surface area (Å²) in [5.41, 5.74) is 5.58. The number of nitrogens with one attached hydrogen (secondary N) is 1. The Morgan fingerprint density at radius 1 is 1.41 bits per heavy atom. The normalized spacial score (nSPS) is 11.2. The SMILES string of the molecule is CS(=O)(=O)CCNC(=O)c1cc(N)cc(F)c1. The van der Waals surface area contributed by atoms with Gasteiger partial charge in [-0.2, -0.15) is 0 Å². The minimum absolute atomic E-state index is 0.0198. The van der Waals surface area contributed by atoms with Crippen LogP contribution in [0.2, 0.25) is 0 Å². The topological polar surface area (TPSA) is 89.3 Å². The lowest BCUT2D eigenvalue weighted by Crippen LogP contribution is -2.28. The summed E-state index contributed by atoms with van der Waals surface area (Å²) in [7, 11) is -3.13. The lowest BCUT2D eigenvalue weighted by molar-refractivity contribution is 0.0955. The maximum atomic E-state index is 12.9. The Hall–Kier alpha value is -1.63. The minimum Gasteiger partial charge on any atom is -0.399 e. The molecule has 1 aromatic carbocycles. The number of rotatable bonds is 4. The molecule has 1 aromatic rings. The molecule has 7 heteroatoms. The van der Waals surface area contributed by atoms with Crippen molar-refractivity contribution in [3.63, 3.8) is 0 Å². The number of nitrogen functional groups attached to an aromatic ring is 1. The first-order valence-electron chi connectivity index (χ1n) is 4.80. The number of nitrogens with two attached hydrogens (primary N) is 1. The zero-order valence-electron chi connectivity index (χ0n) is 9.23. The fraction of sp³-hybridized carbons (Fsp3) is 0.300. The van der Waals surface area contributed by atoms with Crippen LogP contribution in [0.1, 0.15) is 10.4 Å². The van der Waals surface area contributed by atoms with E-state index in [-0.39, 0.29) is 23.5 Å². The van der Waals surface area contributed by atoms with E-state index in [1.165, 1.54) is 6.07 Å².